The number of carbonyl (C=O) groups excluding carboxylic acids is 1. The molecule has 0 aliphatic carbocycles. The number of quaternary nitrogens is 1. The average molecular weight is 175 g/mol. The van der Waals surface area contributed by atoms with E-state index < -0.39 is 5.60 Å². The van der Waals surface area contributed by atoms with Gasteiger partial charge in [0.2, 0.25) is 0 Å². The lowest BCUT2D eigenvalue weighted by Gasteiger charge is -2.19. The van der Waals surface area contributed by atoms with E-state index >= 15 is 0 Å². The van der Waals surface area contributed by atoms with E-state index in [0.717, 1.165) is 0 Å². The van der Waals surface area contributed by atoms with Gasteiger partial charge in [0, 0.05) is 0 Å². The standard InChI is InChI=1S/C8H18N2O2/c1-6(9)5-10-7(11)12-8(2,3)4/h6H,5,9H2,1-4H3,(H,10,11)/p+1/t6-/m1/s1. The van der Waals surface area contributed by atoms with Crippen molar-refractivity contribution < 1.29 is 15.3 Å². The monoisotopic (exact) mass is 175 g/mol. The molecule has 0 saturated carbocycles. The van der Waals surface area contributed by atoms with Gasteiger partial charge in [0.1, 0.15) is 5.60 Å². The predicted molar refractivity (Wildman–Crippen MR) is 46.6 cm³/mol. The van der Waals surface area contributed by atoms with Gasteiger partial charge in [0.05, 0.1) is 12.6 Å². The van der Waals surface area contributed by atoms with Gasteiger partial charge >= 0.3 is 6.09 Å². The third kappa shape index (κ3) is 7.34. The molecule has 0 radical (unpaired) electrons. The number of carbonyl (C=O) groups is 1. The van der Waals surface area contributed by atoms with E-state index in [1.807, 2.05) is 27.7 Å². The first-order valence-corrected chi connectivity index (χ1v) is 4.11. The van der Waals surface area contributed by atoms with Crippen LogP contribution in [0, 0.1) is 0 Å². The molecule has 0 aliphatic heterocycles. The second-order valence-electron chi connectivity index (χ2n) is 3.99. The molecule has 0 bridgehead atoms. The average Bonchev–Trinajstić information content (AvgIpc) is 1.79. The summed E-state index contributed by atoms with van der Waals surface area (Å²) < 4.78 is 5.01. The molecule has 4 N–H and O–H groups in total. The summed E-state index contributed by atoms with van der Waals surface area (Å²) in [5.74, 6) is 0. The lowest BCUT2D eigenvalue weighted by molar-refractivity contribution is -0.411. The highest BCUT2D eigenvalue weighted by atomic mass is 16.6. The smallest absolute Gasteiger partial charge is 0.407 e. The molecule has 0 aromatic rings. The summed E-state index contributed by atoms with van der Waals surface area (Å²) in [6.07, 6.45) is -0.377. The Bertz CT molecular complexity index is 150. The first-order valence-electron chi connectivity index (χ1n) is 4.11. The van der Waals surface area contributed by atoms with Crippen molar-refractivity contribution in [3.05, 3.63) is 0 Å². The normalized spacial score (nSPS) is 13.8. The molecular weight excluding hydrogens is 156 g/mol. The van der Waals surface area contributed by atoms with Crippen LogP contribution >= 0.6 is 0 Å². The van der Waals surface area contributed by atoms with E-state index in [9.17, 15) is 4.79 Å². The van der Waals surface area contributed by atoms with E-state index in [1.54, 1.807) is 0 Å². The van der Waals surface area contributed by atoms with Crippen LogP contribution < -0.4 is 11.1 Å². The molecule has 1 atom stereocenters. The minimum absolute atomic E-state index is 0.206. The Morgan fingerprint density at radius 3 is 2.42 bits per heavy atom. The number of nitrogens with one attached hydrogen (secondary N) is 1. The van der Waals surface area contributed by atoms with Gasteiger partial charge in [0.15, 0.2) is 0 Å². The molecule has 0 heterocycles. The van der Waals surface area contributed by atoms with E-state index in [0.29, 0.717) is 6.54 Å². The van der Waals surface area contributed by atoms with Crippen LogP contribution in [0.2, 0.25) is 0 Å². The number of ether oxygens (including phenoxy) is 1. The SMILES string of the molecule is C[C@@H]([NH3+])CNC(=O)OC(C)(C)C. The number of alkyl carbamates (subject to hydrolysis) is 1. The van der Waals surface area contributed by atoms with E-state index in [4.69, 9.17) is 4.74 Å². The minimum Gasteiger partial charge on any atom is -0.444 e. The number of amides is 1. The summed E-state index contributed by atoms with van der Waals surface area (Å²) in [5.41, 5.74) is 3.31. The third-order valence-electron chi connectivity index (χ3n) is 0.994. The fourth-order valence-electron chi connectivity index (χ4n) is 0.572. The Labute approximate surface area is 73.5 Å². The molecule has 0 aliphatic rings. The molecule has 0 saturated heterocycles. The van der Waals surface area contributed by atoms with Crippen LogP contribution in [0.4, 0.5) is 4.79 Å². The van der Waals surface area contributed by atoms with E-state index in [-0.39, 0.29) is 12.1 Å². The molecule has 72 valence electrons. The van der Waals surface area contributed by atoms with Crippen molar-refractivity contribution in [2.75, 3.05) is 6.54 Å². The first kappa shape index (κ1) is 11.2. The van der Waals surface area contributed by atoms with Crippen LogP contribution in [-0.4, -0.2) is 24.3 Å². The van der Waals surface area contributed by atoms with Crippen molar-refractivity contribution in [1.82, 2.24) is 5.32 Å². The summed E-state index contributed by atoms with van der Waals surface area (Å²) in [6, 6.07) is 0.206. The summed E-state index contributed by atoms with van der Waals surface area (Å²) in [7, 11) is 0. The van der Waals surface area contributed by atoms with Crippen molar-refractivity contribution in [3.8, 4) is 0 Å². The van der Waals surface area contributed by atoms with Gasteiger partial charge in [-0.3, -0.25) is 0 Å². The highest BCUT2D eigenvalue weighted by Gasteiger charge is 2.15. The van der Waals surface area contributed by atoms with Crippen molar-refractivity contribution in [2.45, 2.75) is 39.3 Å². The highest BCUT2D eigenvalue weighted by molar-refractivity contribution is 5.67. The molecule has 0 unspecified atom stereocenters. The van der Waals surface area contributed by atoms with Gasteiger partial charge in [0.25, 0.3) is 0 Å². The Balaban J connectivity index is 3.61. The van der Waals surface area contributed by atoms with Crippen molar-refractivity contribution in [1.29, 1.82) is 0 Å². The molecule has 0 rings (SSSR count). The van der Waals surface area contributed by atoms with Crippen molar-refractivity contribution in [2.24, 2.45) is 0 Å². The Kier molecular flexibility index (Phi) is 4.03. The van der Waals surface area contributed by atoms with Gasteiger partial charge in [-0.1, -0.05) is 0 Å². The Morgan fingerprint density at radius 2 is 2.08 bits per heavy atom. The van der Waals surface area contributed by atoms with Crippen molar-refractivity contribution >= 4 is 6.09 Å². The first-order chi connectivity index (χ1) is 5.31. The van der Waals surface area contributed by atoms with Gasteiger partial charge in [-0.15, -0.1) is 0 Å². The molecule has 0 fully saturated rings. The zero-order valence-electron chi connectivity index (χ0n) is 8.31. The maximum Gasteiger partial charge on any atom is 0.407 e. The van der Waals surface area contributed by atoms with Gasteiger partial charge in [-0.05, 0) is 27.7 Å². The molecule has 0 aromatic carbocycles. The maximum atomic E-state index is 11.0. The van der Waals surface area contributed by atoms with Gasteiger partial charge in [-0.25, -0.2) is 4.79 Å². The van der Waals surface area contributed by atoms with E-state index in [2.05, 4.69) is 11.1 Å². The molecule has 4 heteroatoms. The summed E-state index contributed by atoms with van der Waals surface area (Å²) in [6.45, 7) is 7.98. The lowest BCUT2D eigenvalue weighted by Crippen LogP contribution is -2.63. The molecule has 4 nitrogen and oxygen atoms in total. The van der Waals surface area contributed by atoms with Crippen LogP contribution in [0.5, 0.6) is 0 Å². The molecule has 0 spiro atoms. The van der Waals surface area contributed by atoms with Gasteiger partial charge in [-0.2, -0.15) is 0 Å². The fraction of sp³-hybridized carbons (Fsp3) is 0.875. The quantitative estimate of drug-likeness (QED) is 0.627. The Morgan fingerprint density at radius 1 is 1.58 bits per heavy atom. The number of rotatable bonds is 2. The Hall–Kier alpha value is -0.770. The second-order valence-corrected chi connectivity index (χ2v) is 3.99. The summed E-state index contributed by atoms with van der Waals surface area (Å²) in [5, 5.41) is 2.61. The molecule has 1 amide bonds. The number of hydrogen-bond donors (Lipinski definition) is 2. The topological polar surface area (TPSA) is 66.0 Å². The maximum absolute atomic E-state index is 11.0. The highest BCUT2D eigenvalue weighted by Crippen LogP contribution is 2.05. The predicted octanol–water partition coefficient (Wildman–Crippen LogP) is 0.141. The third-order valence-corrected chi connectivity index (χ3v) is 0.994. The van der Waals surface area contributed by atoms with Crippen LogP contribution in [0.1, 0.15) is 27.7 Å². The zero-order chi connectivity index (χ0) is 9.78. The van der Waals surface area contributed by atoms with Crippen LogP contribution in [-0.2, 0) is 4.74 Å². The van der Waals surface area contributed by atoms with Crippen LogP contribution in [0.15, 0.2) is 0 Å². The number of hydrogen-bond acceptors (Lipinski definition) is 2. The van der Waals surface area contributed by atoms with Crippen LogP contribution in [0.25, 0.3) is 0 Å². The van der Waals surface area contributed by atoms with Gasteiger partial charge < -0.3 is 15.8 Å². The van der Waals surface area contributed by atoms with E-state index in [1.165, 1.54) is 0 Å². The molecule has 12 heavy (non-hydrogen) atoms. The second kappa shape index (κ2) is 4.30. The zero-order valence-corrected chi connectivity index (χ0v) is 8.31. The molecule has 0 aromatic heterocycles. The van der Waals surface area contributed by atoms with Crippen LogP contribution in [0.3, 0.4) is 0 Å². The lowest BCUT2D eigenvalue weighted by atomic mass is 10.2. The summed E-state index contributed by atoms with van der Waals surface area (Å²) in [4.78, 5) is 11.0. The molecular formula is C8H19N2O2+. The largest absolute Gasteiger partial charge is 0.444 e. The van der Waals surface area contributed by atoms with Crippen molar-refractivity contribution in [3.63, 3.8) is 0 Å². The fourth-order valence-corrected chi connectivity index (χ4v) is 0.572. The summed E-state index contributed by atoms with van der Waals surface area (Å²) >= 11 is 0. The minimum atomic E-state index is -0.422.